The molecule has 1 aliphatic heterocycles. The van der Waals surface area contributed by atoms with E-state index in [1.54, 1.807) is 37.4 Å². The number of benzene rings is 2. The van der Waals surface area contributed by atoms with E-state index < -0.39 is 17.1 Å². The quantitative estimate of drug-likeness (QED) is 0.182. The Morgan fingerprint density at radius 2 is 2.00 bits per heavy atom. The van der Waals surface area contributed by atoms with Gasteiger partial charge in [0.15, 0.2) is 11.4 Å². The summed E-state index contributed by atoms with van der Waals surface area (Å²) in [6.07, 6.45) is 1.72. The fourth-order valence-corrected chi connectivity index (χ4v) is 3.98. The van der Waals surface area contributed by atoms with E-state index in [1.165, 1.54) is 24.3 Å². The molecule has 158 valence electrons. The number of rotatable bonds is 5. The SMILES string of the molecule is CCOC(=O)c1ccc(N2C(=O)CC(SC(=Nc3ccccc3Cl)NC#N)C2=O)cc1. The molecule has 1 N–H and O–H groups in total. The molecule has 0 radical (unpaired) electrons. The summed E-state index contributed by atoms with van der Waals surface area (Å²) < 4.78 is 4.93. The van der Waals surface area contributed by atoms with Gasteiger partial charge >= 0.3 is 5.97 Å². The van der Waals surface area contributed by atoms with Crippen LogP contribution in [-0.2, 0) is 14.3 Å². The Kier molecular flexibility index (Phi) is 7.28. The molecule has 10 heteroatoms. The number of hydrogen-bond donors (Lipinski definition) is 1. The van der Waals surface area contributed by atoms with Crippen molar-refractivity contribution in [1.29, 1.82) is 5.26 Å². The van der Waals surface area contributed by atoms with Crippen molar-refractivity contribution >= 4 is 57.7 Å². The number of halogens is 1. The second kappa shape index (κ2) is 10.1. The zero-order valence-corrected chi connectivity index (χ0v) is 17.9. The van der Waals surface area contributed by atoms with Crippen LogP contribution in [0.25, 0.3) is 0 Å². The van der Waals surface area contributed by atoms with Crippen molar-refractivity contribution in [1.82, 2.24) is 5.32 Å². The van der Waals surface area contributed by atoms with Crippen LogP contribution in [0.1, 0.15) is 23.7 Å². The van der Waals surface area contributed by atoms with E-state index in [-0.39, 0.29) is 24.1 Å². The number of aliphatic imine (C=N–C) groups is 1. The summed E-state index contributed by atoms with van der Waals surface area (Å²) in [4.78, 5) is 42.6. The van der Waals surface area contributed by atoms with Crippen LogP contribution < -0.4 is 10.2 Å². The Labute approximate surface area is 187 Å². The zero-order chi connectivity index (χ0) is 22.4. The number of carbonyl (C=O) groups excluding carboxylic acids is 3. The van der Waals surface area contributed by atoms with Gasteiger partial charge in [-0.25, -0.2) is 14.7 Å². The first-order valence-electron chi connectivity index (χ1n) is 9.23. The summed E-state index contributed by atoms with van der Waals surface area (Å²) in [7, 11) is 0. The van der Waals surface area contributed by atoms with Crippen molar-refractivity contribution in [3.05, 3.63) is 59.1 Å². The number of anilines is 1. The molecule has 1 fully saturated rings. The highest BCUT2D eigenvalue weighted by Crippen LogP contribution is 2.32. The lowest BCUT2D eigenvalue weighted by atomic mass is 10.2. The molecule has 0 saturated carbocycles. The van der Waals surface area contributed by atoms with Crippen LogP contribution in [0.4, 0.5) is 11.4 Å². The minimum absolute atomic E-state index is 0.0578. The van der Waals surface area contributed by atoms with Crippen LogP contribution in [0.15, 0.2) is 53.5 Å². The fraction of sp³-hybridized carbons (Fsp3) is 0.190. The Hall–Kier alpha value is -3.35. The molecule has 8 nitrogen and oxygen atoms in total. The second-order valence-electron chi connectivity index (χ2n) is 6.25. The van der Waals surface area contributed by atoms with Crippen molar-refractivity contribution in [2.24, 2.45) is 4.99 Å². The third kappa shape index (κ3) is 5.23. The third-order valence-corrected chi connectivity index (χ3v) is 5.62. The first kappa shape index (κ1) is 22.3. The van der Waals surface area contributed by atoms with Gasteiger partial charge in [-0.15, -0.1) is 0 Å². The number of ether oxygens (including phenoxy) is 1. The predicted molar refractivity (Wildman–Crippen MR) is 118 cm³/mol. The number of amidine groups is 1. The highest BCUT2D eigenvalue weighted by Gasteiger charge is 2.41. The molecule has 2 aromatic rings. The summed E-state index contributed by atoms with van der Waals surface area (Å²) in [5.41, 5.74) is 1.10. The van der Waals surface area contributed by atoms with Crippen molar-refractivity contribution in [3.8, 4) is 6.19 Å². The first-order valence-corrected chi connectivity index (χ1v) is 10.5. The topological polar surface area (TPSA) is 112 Å². The van der Waals surface area contributed by atoms with Gasteiger partial charge in [0.1, 0.15) is 5.25 Å². The Bertz CT molecular complexity index is 1080. The molecule has 0 bridgehead atoms. The molecule has 0 spiro atoms. The molecule has 0 aromatic heterocycles. The van der Waals surface area contributed by atoms with Gasteiger partial charge < -0.3 is 4.74 Å². The van der Waals surface area contributed by atoms with Gasteiger partial charge in [-0.1, -0.05) is 35.5 Å². The van der Waals surface area contributed by atoms with E-state index in [2.05, 4.69) is 10.3 Å². The number of amides is 2. The van der Waals surface area contributed by atoms with Crippen molar-refractivity contribution < 1.29 is 19.1 Å². The van der Waals surface area contributed by atoms with Gasteiger partial charge in [-0.3, -0.25) is 14.9 Å². The van der Waals surface area contributed by atoms with E-state index in [4.69, 9.17) is 21.6 Å². The fourth-order valence-electron chi connectivity index (χ4n) is 2.85. The summed E-state index contributed by atoms with van der Waals surface area (Å²) in [6, 6.07) is 12.8. The maximum absolute atomic E-state index is 12.9. The van der Waals surface area contributed by atoms with Crippen LogP contribution in [0, 0.1) is 11.5 Å². The van der Waals surface area contributed by atoms with E-state index in [0.29, 0.717) is 22.0 Å². The number of esters is 1. The van der Waals surface area contributed by atoms with Crippen LogP contribution >= 0.6 is 23.4 Å². The average Bonchev–Trinajstić information content (AvgIpc) is 3.03. The minimum Gasteiger partial charge on any atom is -0.462 e. The lowest BCUT2D eigenvalue weighted by Crippen LogP contribution is -2.32. The van der Waals surface area contributed by atoms with Gasteiger partial charge in [0.05, 0.1) is 28.6 Å². The monoisotopic (exact) mass is 456 g/mol. The number of nitriles is 1. The molecule has 3 rings (SSSR count). The lowest BCUT2D eigenvalue weighted by Gasteiger charge is -2.15. The maximum Gasteiger partial charge on any atom is 0.338 e. The van der Waals surface area contributed by atoms with Crippen LogP contribution in [-0.4, -0.2) is 34.8 Å². The highest BCUT2D eigenvalue weighted by molar-refractivity contribution is 8.15. The second-order valence-corrected chi connectivity index (χ2v) is 7.85. The van der Waals surface area contributed by atoms with E-state index in [1.807, 2.05) is 0 Å². The third-order valence-electron chi connectivity index (χ3n) is 4.23. The molecule has 1 atom stereocenters. The minimum atomic E-state index is -0.765. The standard InChI is InChI=1S/C21H17ClN4O4S/c1-2-30-20(29)13-7-9-14(10-8-13)26-18(27)11-17(19(26)28)31-21(24-12-23)25-16-6-4-3-5-15(16)22/h3-10,17H,2,11H2,1H3,(H,24,25). The lowest BCUT2D eigenvalue weighted by molar-refractivity contribution is -0.121. The van der Waals surface area contributed by atoms with Gasteiger partial charge in [0, 0.05) is 6.42 Å². The Morgan fingerprint density at radius 1 is 1.29 bits per heavy atom. The molecule has 1 saturated heterocycles. The molecule has 1 heterocycles. The number of carbonyl (C=O) groups is 3. The van der Waals surface area contributed by atoms with Crippen molar-refractivity contribution in [2.75, 3.05) is 11.5 Å². The predicted octanol–water partition coefficient (Wildman–Crippen LogP) is 3.64. The molecule has 2 amide bonds. The number of thioether (sulfide) groups is 1. The number of nitrogens with one attached hydrogen (secondary N) is 1. The summed E-state index contributed by atoms with van der Waals surface area (Å²) in [6.45, 7) is 1.95. The zero-order valence-electron chi connectivity index (χ0n) is 16.4. The van der Waals surface area contributed by atoms with Gasteiger partial charge in [-0.05, 0) is 43.3 Å². The van der Waals surface area contributed by atoms with E-state index in [9.17, 15) is 14.4 Å². The van der Waals surface area contributed by atoms with Gasteiger partial charge in [-0.2, -0.15) is 5.26 Å². The molecule has 1 aliphatic rings. The van der Waals surface area contributed by atoms with Crippen LogP contribution in [0.3, 0.4) is 0 Å². The first-order chi connectivity index (χ1) is 14.9. The van der Waals surface area contributed by atoms with Crippen LogP contribution in [0.5, 0.6) is 0 Å². The molecular formula is C21H17ClN4O4S. The normalized spacial score (nSPS) is 16.2. The molecular weight excluding hydrogens is 440 g/mol. The number of nitrogens with zero attached hydrogens (tertiary/aromatic N) is 3. The summed E-state index contributed by atoms with van der Waals surface area (Å²) >= 11 is 7.08. The average molecular weight is 457 g/mol. The number of imide groups is 1. The Morgan fingerprint density at radius 3 is 2.65 bits per heavy atom. The summed E-state index contributed by atoms with van der Waals surface area (Å²) in [5, 5.41) is 11.2. The number of hydrogen-bond acceptors (Lipinski definition) is 7. The van der Waals surface area contributed by atoms with Gasteiger partial charge in [0.2, 0.25) is 11.8 Å². The Balaban J connectivity index is 1.78. The molecule has 0 aliphatic carbocycles. The van der Waals surface area contributed by atoms with Crippen molar-refractivity contribution in [3.63, 3.8) is 0 Å². The van der Waals surface area contributed by atoms with Crippen LogP contribution in [0.2, 0.25) is 5.02 Å². The largest absolute Gasteiger partial charge is 0.462 e. The molecule has 1 unspecified atom stereocenters. The van der Waals surface area contributed by atoms with Gasteiger partial charge in [0.25, 0.3) is 0 Å². The smallest absolute Gasteiger partial charge is 0.338 e. The molecule has 2 aromatic carbocycles. The van der Waals surface area contributed by atoms with E-state index >= 15 is 0 Å². The maximum atomic E-state index is 12.9. The highest BCUT2D eigenvalue weighted by atomic mass is 35.5. The summed E-state index contributed by atoms with van der Waals surface area (Å²) in [5.74, 6) is -1.31. The number of para-hydroxylation sites is 1. The molecule has 31 heavy (non-hydrogen) atoms. The van der Waals surface area contributed by atoms with Crippen molar-refractivity contribution in [2.45, 2.75) is 18.6 Å². The van der Waals surface area contributed by atoms with E-state index in [0.717, 1.165) is 16.7 Å².